The van der Waals surface area contributed by atoms with E-state index in [0.29, 0.717) is 5.56 Å². The van der Waals surface area contributed by atoms with Crippen molar-refractivity contribution in [2.45, 2.75) is 30.5 Å². The molecule has 4 atom stereocenters. The van der Waals surface area contributed by atoms with Gasteiger partial charge in [-0.2, -0.15) is 0 Å². The Kier molecular flexibility index (Phi) is 3.50. The average molecular weight is 256 g/mol. The molecule has 18 heavy (non-hydrogen) atoms. The number of hydrazine groups is 1. The SMILES string of the molecule is [2H]c1cc(CC2(NN)OC[C@@H](O)[C@H](O)[C@H]2O)ccn1. The molecule has 6 N–H and O–H groups in total. The second-order valence-electron chi connectivity index (χ2n) is 4.32. The van der Waals surface area contributed by atoms with Crippen LogP contribution in [0.2, 0.25) is 0 Å². The third-order valence-corrected chi connectivity index (χ3v) is 3.11. The van der Waals surface area contributed by atoms with Gasteiger partial charge in [0.1, 0.15) is 18.3 Å². The number of hydrogen-bond acceptors (Lipinski definition) is 7. The van der Waals surface area contributed by atoms with Gasteiger partial charge in [-0.25, -0.2) is 5.43 Å². The highest BCUT2D eigenvalue weighted by molar-refractivity contribution is 5.15. The molecule has 2 rings (SSSR count). The lowest BCUT2D eigenvalue weighted by atomic mass is 9.90. The largest absolute Gasteiger partial charge is 0.388 e. The highest BCUT2D eigenvalue weighted by Crippen LogP contribution is 2.26. The van der Waals surface area contributed by atoms with Crippen molar-refractivity contribution in [2.24, 2.45) is 5.84 Å². The van der Waals surface area contributed by atoms with Gasteiger partial charge < -0.3 is 20.1 Å². The van der Waals surface area contributed by atoms with Crippen LogP contribution in [0.15, 0.2) is 24.5 Å². The van der Waals surface area contributed by atoms with Gasteiger partial charge in [0, 0.05) is 18.8 Å². The molecule has 0 radical (unpaired) electrons. The van der Waals surface area contributed by atoms with E-state index in [1.807, 2.05) is 0 Å². The first-order chi connectivity index (χ1) is 8.98. The lowest BCUT2D eigenvalue weighted by molar-refractivity contribution is -0.248. The Hall–Kier alpha value is -1.09. The first-order valence-corrected chi connectivity index (χ1v) is 5.56. The quantitative estimate of drug-likeness (QED) is 0.310. The molecule has 0 aliphatic carbocycles. The Morgan fingerprint density at radius 1 is 1.56 bits per heavy atom. The molecule has 1 unspecified atom stereocenters. The molecule has 1 aromatic heterocycles. The second-order valence-corrected chi connectivity index (χ2v) is 4.32. The van der Waals surface area contributed by atoms with Crippen molar-refractivity contribution in [3.63, 3.8) is 0 Å². The van der Waals surface area contributed by atoms with Crippen LogP contribution in [0.5, 0.6) is 0 Å². The summed E-state index contributed by atoms with van der Waals surface area (Å²) in [6.45, 7) is -0.152. The van der Waals surface area contributed by atoms with E-state index in [9.17, 15) is 15.3 Å². The predicted molar refractivity (Wildman–Crippen MR) is 62.0 cm³/mol. The normalized spacial score (nSPS) is 37.3. The summed E-state index contributed by atoms with van der Waals surface area (Å²) in [7, 11) is 0. The molecule has 1 fully saturated rings. The van der Waals surface area contributed by atoms with Crippen LogP contribution >= 0.6 is 0 Å². The number of aliphatic hydroxyl groups is 3. The summed E-state index contributed by atoms with van der Waals surface area (Å²) in [4.78, 5) is 3.75. The molecule has 0 aromatic carbocycles. The summed E-state index contributed by atoms with van der Waals surface area (Å²) < 4.78 is 12.8. The third kappa shape index (κ3) is 2.37. The minimum Gasteiger partial charge on any atom is -0.388 e. The molecular formula is C11H17N3O4. The molecule has 7 nitrogen and oxygen atoms in total. The fourth-order valence-electron chi connectivity index (χ4n) is 2.00. The van der Waals surface area contributed by atoms with Gasteiger partial charge >= 0.3 is 0 Å². The summed E-state index contributed by atoms with van der Waals surface area (Å²) in [5, 5.41) is 29.2. The molecule has 1 saturated heterocycles. The Bertz CT molecular complexity index is 450. The maximum Gasteiger partial charge on any atom is 0.164 e. The van der Waals surface area contributed by atoms with Crippen LogP contribution in [-0.4, -0.2) is 50.9 Å². The minimum absolute atomic E-state index is 0.0792. The average Bonchev–Trinajstić information content (AvgIpc) is 2.40. The van der Waals surface area contributed by atoms with Gasteiger partial charge in [-0.3, -0.25) is 10.8 Å². The summed E-state index contributed by atoms with van der Waals surface area (Å²) in [5.41, 5.74) is 1.62. The standard InChI is InChI=1S/C11H17N3O4/c12-14-11(5-7-1-3-13-4-2-7)10(17)9(16)8(15)6-18-11/h1-4,8-10,14-17H,5-6,12H2/t8-,9+,10-,11?/m1/s1/i3D. The summed E-state index contributed by atoms with van der Waals surface area (Å²) in [5.74, 6) is 5.43. The number of aromatic nitrogens is 1. The van der Waals surface area contributed by atoms with Crippen molar-refractivity contribution in [2.75, 3.05) is 6.61 Å². The van der Waals surface area contributed by atoms with Gasteiger partial charge in [0.2, 0.25) is 0 Å². The number of pyridine rings is 1. The van der Waals surface area contributed by atoms with Gasteiger partial charge in [0.15, 0.2) is 5.72 Å². The first-order valence-electron chi connectivity index (χ1n) is 6.06. The van der Waals surface area contributed by atoms with Crippen LogP contribution in [0.25, 0.3) is 0 Å². The van der Waals surface area contributed by atoms with Gasteiger partial charge in [-0.1, -0.05) is 0 Å². The molecule has 0 bridgehead atoms. The molecule has 2 heterocycles. The van der Waals surface area contributed by atoms with Crippen LogP contribution in [0.4, 0.5) is 0 Å². The lowest BCUT2D eigenvalue weighted by Gasteiger charge is -2.44. The molecule has 1 aliphatic rings. The smallest absolute Gasteiger partial charge is 0.164 e. The van der Waals surface area contributed by atoms with Crippen LogP contribution in [0.3, 0.4) is 0 Å². The molecule has 0 amide bonds. The lowest BCUT2D eigenvalue weighted by Crippen LogP contribution is -2.69. The van der Waals surface area contributed by atoms with Crippen molar-refractivity contribution < 1.29 is 21.4 Å². The molecule has 1 aromatic rings. The number of rotatable bonds is 3. The number of ether oxygens (including phenoxy) is 1. The van der Waals surface area contributed by atoms with E-state index in [1.54, 1.807) is 6.07 Å². The zero-order valence-electron chi connectivity index (χ0n) is 10.7. The maximum atomic E-state index is 10.0. The van der Waals surface area contributed by atoms with Crippen LogP contribution in [0.1, 0.15) is 6.93 Å². The number of nitrogens with zero attached hydrogens (tertiary/aromatic N) is 1. The van der Waals surface area contributed by atoms with E-state index >= 15 is 0 Å². The Balaban J connectivity index is 2.23. The number of nitrogens with one attached hydrogen (secondary N) is 1. The van der Waals surface area contributed by atoms with Crippen molar-refractivity contribution >= 4 is 0 Å². The monoisotopic (exact) mass is 256 g/mol. The van der Waals surface area contributed by atoms with Gasteiger partial charge in [0.25, 0.3) is 0 Å². The molecule has 7 heteroatoms. The molecular weight excluding hydrogens is 238 g/mol. The highest BCUT2D eigenvalue weighted by atomic mass is 16.6. The summed E-state index contributed by atoms with van der Waals surface area (Å²) in [6.07, 6.45) is -2.26. The Morgan fingerprint density at radius 3 is 3.00 bits per heavy atom. The van der Waals surface area contributed by atoms with Crippen LogP contribution in [0, 0.1) is 0 Å². The van der Waals surface area contributed by atoms with E-state index in [1.165, 1.54) is 12.3 Å². The highest BCUT2D eigenvalue weighted by Gasteiger charge is 2.48. The van der Waals surface area contributed by atoms with E-state index in [4.69, 9.17) is 12.0 Å². The first kappa shape index (κ1) is 12.0. The zero-order valence-corrected chi connectivity index (χ0v) is 9.65. The topological polar surface area (TPSA) is 121 Å². The Morgan fingerprint density at radius 2 is 2.33 bits per heavy atom. The predicted octanol–water partition coefficient (Wildman–Crippen LogP) is -2.10. The van der Waals surface area contributed by atoms with Crippen molar-refractivity contribution in [1.29, 1.82) is 0 Å². The second kappa shape index (κ2) is 5.27. The zero-order chi connectivity index (χ0) is 14.0. The number of hydrogen-bond donors (Lipinski definition) is 5. The Labute approximate surface area is 106 Å². The van der Waals surface area contributed by atoms with E-state index < -0.39 is 24.0 Å². The maximum absolute atomic E-state index is 10.0. The van der Waals surface area contributed by atoms with E-state index in [-0.39, 0.29) is 19.2 Å². The molecule has 0 spiro atoms. The fourth-order valence-corrected chi connectivity index (χ4v) is 2.00. The number of aliphatic hydroxyl groups excluding tert-OH is 3. The molecule has 1 aliphatic heterocycles. The summed E-state index contributed by atoms with van der Waals surface area (Å²) in [6, 6.07) is 3.16. The van der Waals surface area contributed by atoms with Crippen molar-refractivity contribution in [1.82, 2.24) is 10.4 Å². The van der Waals surface area contributed by atoms with Crippen molar-refractivity contribution in [3.8, 4) is 0 Å². The molecule has 100 valence electrons. The van der Waals surface area contributed by atoms with Crippen LogP contribution < -0.4 is 11.3 Å². The molecule has 0 saturated carbocycles. The van der Waals surface area contributed by atoms with Crippen LogP contribution in [-0.2, 0) is 11.2 Å². The summed E-state index contributed by atoms with van der Waals surface area (Å²) >= 11 is 0. The third-order valence-electron chi connectivity index (χ3n) is 3.11. The fraction of sp³-hybridized carbons (Fsp3) is 0.545. The van der Waals surface area contributed by atoms with Gasteiger partial charge in [-0.05, 0) is 17.7 Å². The minimum atomic E-state index is -1.41. The van der Waals surface area contributed by atoms with Gasteiger partial charge in [0.05, 0.1) is 7.98 Å². The van der Waals surface area contributed by atoms with Gasteiger partial charge in [-0.15, -0.1) is 0 Å². The van der Waals surface area contributed by atoms with E-state index in [0.717, 1.165) is 0 Å². The van der Waals surface area contributed by atoms with Crippen molar-refractivity contribution in [3.05, 3.63) is 30.1 Å². The van der Waals surface area contributed by atoms with E-state index in [2.05, 4.69) is 10.4 Å². The number of nitrogens with two attached hydrogens (primary N) is 1.